The predicted molar refractivity (Wildman–Crippen MR) is 88.4 cm³/mol. The molecule has 108 valence electrons. The molecule has 1 fully saturated rings. The number of nitrogens with one attached hydrogen (secondary N) is 1. The van der Waals surface area contributed by atoms with Crippen LogP contribution in [0.2, 0.25) is 10.0 Å². The second kappa shape index (κ2) is 5.36. The number of hydrogen-bond acceptors (Lipinski definition) is 1. The Morgan fingerprint density at radius 3 is 2.65 bits per heavy atom. The molecule has 3 unspecified atom stereocenters. The van der Waals surface area contributed by atoms with Gasteiger partial charge in [0.05, 0.1) is 21.1 Å². The number of benzene rings is 1. The highest BCUT2D eigenvalue weighted by molar-refractivity contribution is 7.71. The van der Waals surface area contributed by atoms with E-state index in [1.807, 2.05) is 12.1 Å². The minimum Gasteiger partial charge on any atom is -0.331 e. The zero-order valence-electron chi connectivity index (χ0n) is 11.6. The van der Waals surface area contributed by atoms with Gasteiger partial charge in [0.15, 0.2) is 4.77 Å². The highest BCUT2D eigenvalue weighted by atomic mass is 35.5. The number of aromatic amines is 1. The van der Waals surface area contributed by atoms with Gasteiger partial charge in [-0.2, -0.15) is 0 Å². The second-order valence-corrected chi connectivity index (χ2v) is 6.96. The number of hydrogen-bond donors (Lipinski definition) is 1. The van der Waals surface area contributed by atoms with Gasteiger partial charge in [0.1, 0.15) is 0 Å². The summed E-state index contributed by atoms with van der Waals surface area (Å²) in [7, 11) is 0. The van der Waals surface area contributed by atoms with Crippen molar-refractivity contribution in [3.05, 3.63) is 26.9 Å². The maximum atomic E-state index is 6.17. The summed E-state index contributed by atoms with van der Waals surface area (Å²) in [4.78, 5) is 3.26. The topological polar surface area (TPSA) is 20.7 Å². The minimum atomic E-state index is 0.457. The molecule has 1 heterocycles. The number of rotatable bonds is 2. The lowest BCUT2D eigenvalue weighted by Gasteiger charge is -2.22. The average Bonchev–Trinajstić information content (AvgIpc) is 2.90. The first kappa shape index (κ1) is 14.4. The monoisotopic (exact) mass is 328 g/mol. The molecular weight excluding hydrogens is 311 g/mol. The van der Waals surface area contributed by atoms with E-state index in [1.54, 1.807) is 0 Å². The van der Waals surface area contributed by atoms with Crippen LogP contribution in [-0.2, 0) is 0 Å². The van der Waals surface area contributed by atoms with Crippen LogP contribution in [0.1, 0.15) is 39.2 Å². The van der Waals surface area contributed by atoms with Crippen molar-refractivity contribution in [1.29, 1.82) is 0 Å². The summed E-state index contributed by atoms with van der Waals surface area (Å²) in [5.41, 5.74) is 2.04. The molecule has 3 rings (SSSR count). The molecule has 3 atom stereocenters. The van der Waals surface area contributed by atoms with E-state index in [1.165, 1.54) is 19.3 Å². The van der Waals surface area contributed by atoms with Gasteiger partial charge in [-0.05, 0) is 49.0 Å². The molecule has 1 N–H and O–H groups in total. The van der Waals surface area contributed by atoms with Gasteiger partial charge in [-0.3, -0.25) is 0 Å². The second-order valence-electron chi connectivity index (χ2n) is 5.76. The van der Waals surface area contributed by atoms with Gasteiger partial charge >= 0.3 is 0 Å². The Bertz CT molecular complexity index is 704. The lowest BCUT2D eigenvalue weighted by atomic mass is 9.93. The quantitative estimate of drug-likeness (QED) is 0.670. The van der Waals surface area contributed by atoms with Crippen LogP contribution < -0.4 is 0 Å². The summed E-state index contributed by atoms with van der Waals surface area (Å²) in [6.45, 7) is 4.61. The Balaban J connectivity index is 2.14. The van der Waals surface area contributed by atoms with Crippen molar-refractivity contribution >= 4 is 46.5 Å². The summed E-state index contributed by atoms with van der Waals surface area (Å²) in [5.74, 6) is 1.43. The van der Waals surface area contributed by atoms with E-state index in [0.29, 0.717) is 22.0 Å². The highest BCUT2D eigenvalue weighted by Crippen LogP contribution is 2.43. The zero-order chi connectivity index (χ0) is 14.4. The summed E-state index contributed by atoms with van der Waals surface area (Å²) in [6.07, 6.45) is 3.69. The molecule has 1 aromatic carbocycles. The maximum absolute atomic E-state index is 6.17. The van der Waals surface area contributed by atoms with Gasteiger partial charge in [-0.25, -0.2) is 0 Å². The van der Waals surface area contributed by atoms with Gasteiger partial charge < -0.3 is 9.55 Å². The van der Waals surface area contributed by atoms with Crippen LogP contribution in [0.5, 0.6) is 0 Å². The zero-order valence-corrected chi connectivity index (χ0v) is 13.9. The molecule has 0 bridgehead atoms. The van der Waals surface area contributed by atoms with E-state index in [-0.39, 0.29) is 0 Å². The Morgan fingerprint density at radius 2 is 2.00 bits per heavy atom. The summed E-state index contributed by atoms with van der Waals surface area (Å²) < 4.78 is 3.01. The van der Waals surface area contributed by atoms with Crippen LogP contribution in [-0.4, -0.2) is 9.55 Å². The van der Waals surface area contributed by atoms with Crippen molar-refractivity contribution in [3.63, 3.8) is 0 Å². The molecule has 1 aromatic heterocycles. The Kier molecular flexibility index (Phi) is 3.87. The number of aromatic nitrogens is 2. The van der Waals surface area contributed by atoms with Crippen LogP contribution in [0, 0.1) is 16.6 Å². The lowest BCUT2D eigenvalue weighted by Crippen LogP contribution is -2.15. The van der Waals surface area contributed by atoms with Crippen molar-refractivity contribution in [2.75, 3.05) is 0 Å². The number of H-pyrrole nitrogens is 1. The van der Waals surface area contributed by atoms with Gasteiger partial charge in [0.2, 0.25) is 0 Å². The third-order valence-electron chi connectivity index (χ3n) is 4.80. The molecule has 0 radical (unpaired) electrons. The molecular formula is C15H18Cl2N2S. The number of halogens is 2. The first-order chi connectivity index (χ1) is 9.52. The fourth-order valence-corrected chi connectivity index (χ4v) is 4.28. The average molecular weight is 329 g/mol. The van der Waals surface area contributed by atoms with Gasteiger partial charge in [0, 0.05) is 6.04 Å². The maximum Gasteiger partial charge on any atom is 0.178 e. The van der Waals surface area contributed by atoms with Crippen LogP contribution in [0.4, 0.5) is 0 Å². The lowest BCUT2D eigenvalue weighted by molar-refractivity contribution is 0.332. The van der Waals surface area contributed by atoms with Crippen molar-refractivity contribution in [1.82, 2.24) is 9.55 Å². The van der Waals surface area contributed by atoms with Crippen LogP contribution >= 0.6 is 35.4 Å². The standard InChI is InChI=1S/C15H18Cl2N2S/c1-3-9-4-5-13(8(9)2)19-14-7-11(17)10(16)6-12(14)18-15(19)20/h6-9,13H,3-5H2,1-2H3,(H,18,20). The molecule has 0 aliphatic heterocycles. The highest BCUT2D eigenvalue weighted by Gasteiger charge is 2.33. The molecule has 0 spiro atoms. The predicted octanol–water partition coefficient (Wildman–Crippen LogP) is 6.00. The molecule has 20 heavy (non-hydrogen) atoms. The molecule has 1 saturated carbocycles. The Labute approximate surface area is 134 Å². The summed E-state index contributed by atoms with van der Waals surface area (Å²) in [6, 6.07) is 4.25. The van der Waals surface area contributed by atoms with Crippen LogP contribution in [0.25, 0.3) is 11.0 Å². The Hall–Kier alpha value is -0.510. The van der Waals surface area contributed by atoms with Gasteiger partial charge in [0.25, 0.3) is 0 Å². The van der Waals surface area contributed by atoms with E-state index >= 15 is 0 Å². The third kappa shape index (κ3) is 2.20. The molecule has 2 aromatic rings. The van der Waals surface area contributed by atoms with Gasteiger partial charge in [-0.1, -0.05) is 43.5 Å². The number of nitrogens with zero attached hydrogens (tertiary/aromatic N) is 1. The summed E-state index contributed by atoms with van der Waals surface area (Å²) in [5, 5.41) is 1.15. The van der Waals surface area contributed by atoms with Crippen molar-refractivity contribution in [2.45, 2.75) is 39.2 Å². The first-order valence-electron chi connectivity index (χ1n) is 7.12. The minimum absolute atomic E-state index is 0.457. The molecule has 0 amide bonds. The third-order valence-corrected chi connectivity index (χ3v) is 5.82. The van der Waals surface area contributed by atoms with E-state index < -0.39 is 0 Å². The van der Waals surface area contributed by atoms with E-state index in [9.17, 15) is 0 Å². The van der Waals surface area contributed by atoms with Crippen LogP contribution in [0.15, 0.2) is 12.1 Å². The van der Waals surface area contributed by atoms with Crippen molar-refractivity contribution < 1.29 is 0 Å². The number of fused-ring (bicyclic) bond motifs is 1. The van der Waals surface area contributed by atoms with Crippen LogP contribution in [0.3, 0.4) is 0 Å². The number of imidazole rings is 1. The van der Waals surface area contributed by atoms with Crippen molar-refractivity contribution in [2.24, 2.45) is 11.8 Å². The fraction of sp³-hybridized carbons (Fsp3) is 0.533. The molecule has 5 heteroatoms. The molecule has 0 saturated heterocycles. The smallest absolute Gasteiger partial charge is 0.178 e. The van der Waals surface area contributed by atoms with Gasteiger partial charge in [-0.15, -0.1) is 0 Å². The van der Waals surface area contributed by atoms with E-state index in [4.69, 9.17) is 35.4 Å². The molecule has 1 aliphatic carbocycles. The Morgan fingerprint density at radius 1 is 1.30 bits per heavy atom. The van der Waals surface area contributed by atoms with E-state index in [0.717, 1.165) is 21.7 Å². The van der Waals surface area contributed by atoms with E-state index in [2.05, 4.69) is 23.4 Å². The SMILES string of the molecule is CCC1CCC(n2c(=S)[nH]c3cc(Cl)c(Cl)cc32)C1C. The molecule has 2 nitrogen and oxygen atoms in total. The first-order valence-corrected chi connectivity index (χ1v) is 8.28. The van der Waals surface area contributed by atoms with Crippen molar-refractivity contribution in [3.8, 4) is 0 Å². The fourth-order valence-electron chi connectivity index (χ4n) is 3.61. The molecule has 1 aliphatic rings. The largest absolute Gasteiger partial charge is 0.331 e. The normalized spacial score (nSPS) is 26.5. The summed E-state index contributed by atoms with van der Waals surface area (Å²) >= 11 is 17.8.